The Hall–Kier alpha value is -1.85. The van der Waals surface area contributed by atoms with Crippen molar-refractivity contribution in [1.82, 2.24) is 0 Å². The third-order valence-corrected chi connectivity index (χ3v) is 3.17. The molecule has 0 bridgehead atoms. The number of hydrogen-bond donors (Lipinski definition) is 0. The molecule has 100 valence electrons. The van der Waals surface area contributed by atoms with Crippen LogP contribution in [0.2, 0.25) is 0 Å². The van der Waals surface area contributed by atoms with Gasteiger partial charge in [-0.3, -0.25) is 14.4 Å². The molecule has 6 nitrogen and oxygen atoms in total. The number of hydrogen-bond acceptors (Lipinski definition) is 6. The van der Waals surface area contributed by atoms with Crippen molar-refractivity contribution in [2.24, 2.45) is 23.7 Å². The summed E-state index contributed by atoms with van der Waals surface area (Å²) in [6, 6.07) is 0. The van der Waals surface area contributed by atoms with Crippen LogP contribution in [0.5, 0.6) is 0 Å². The minimum Gasteiger partial charge on any atom is -0.469 e. The summed E-state index contributed by atoms with van der Waals surface area (Å²) in [6.07, 6.45) is 1.53. The first-order valence-electron chi connectivity index (χ1n) is 5.39. The van der Waals surface area contributed by atoms with Gasteiger partial charge in [0.2, 0.25) is 0 Å². The summed E-state index contributed by atoms with van der Waals surface area (Å²) < 4.78 is 13.8. The number of esters is 3. The molecule has 3 atom stereocenters. The topological polar surface area (TPSA) is 78.9 Å². The maximum absolute atomic E-state index is 11.6. The molecule has 6 heteroatoms. The Kier molecular flexibility index (Phi) is 4.47. The Morgan fingerprint density at radius 3 is 1.89 bits per heavy atom. The van der Waals surface area contributed by atoms with Crippen LogP contribution in [0.4, 0.5) is 0 Å². The first kappa shape index (κ1) is 14.2. The highest BCUT2D eigenvalue weighted by Gasteiger charge is 2.62. The van der Waals surface area contributed by atoms with E-state index in [9.17, 15) is 14.4 Å². The maximum Gasteiger partial charge on any atom is 0.320 e. The molecule has 0 heterocycles. The summed E-state index contributed by atoms with van der Waals surface area (Å²) in [5.74, 6) is -4.35. The van der Waals surface area contributed by atoms with Crippen molar-refractivity contribution in [1.29, 1.82) is 0 Å². The molecule has 18 heavy (non-hydrogen) atoms. The normalized spacial score (nSPS) is 25.2. The van der Waals surface area contributed by atoms with Crippen LogP contribution in [0.1, 0.15) is 0 Å². The lowest BCUT2D eigenvalue weighted by molar-refractivity contribution is -0.160. The lowest BCUT2D eigenvalue weighted by atomic mass is 10.0. The zero-order chi connectivity index (χ0) is 13.9. The Balaban J connectivity index is 2.94. The van der Waals surface area contributed by atoms with Crippen molar-refractivity contribution in [2.45, 2.75) is 0 Å². The van der Waals surface area contributed by atoms with Crippen LogP contribution in [-0.4, -0.2) is 39.2 Å². The van der Waals surface area contributed by atoms with Gasteiger partial charge in [0.1, 0.15) is 0 Å². The van der Waals surface area contributed by atoms with Gasteiger partial charge in [0, 0.05) is 5.92 Å². The minimum atomic E-state index is -1.12. The van der Waals surface area contributed by atoms with Gasteiger partial charge in [0.15, 0.2) is 5.92 Å². The third-order valence-electron chi connectivity index (χ3n) is 3.17. The van der Waals surface area contributed by atoms with Gasteiger partial charge in [0.05, 0.1) is 27.2 Å². The molecule has 0 saturated heterocycles. The second-order valence-electron chi connectivity index (χ2n) is 3.96. The number of allylic oxidation sites excluding steroid dienone is 1. The highest BCUT2D eigenvalue weighted by atomic mass is 16.5. The van der Waals surface area contributed by atoms with E-state index in [0.717, 1.165) is 0 Å². The van der Waals surface area contributed by atoms with E-state index in [1.165, 1.54) is 27.4 Å². The van der Waals surface area contributed by atoms with Crippen molar-refractivity contribution in [3.8, 4) is 0 Å². The van der Waals surface area contributed by atoms with E-state index in [1.54, 1.807) is 0 Å². The summed E-state index contributed by atoms with van der Waals surface area (Å²) in [5, 5.41) is 0. The predicted molar refractivity (Wildman–Crippen MR) is 60.2 cm³/mol. The molecule has 0 aliphatic heterocycles. The maximum atomic E-state index is 11.6. The van der Waals surface area contributed by atoms with Crippen LogP contribution in [0.15, 0.2) is 12.7 Å². The van der Waals surface area contributed by atoms with E-state index in [0.29, 0.717) is 0 Å². The fourth-order valence-electron chi connectivity index (χ4n) is 2.21. The summed E-state index contributed by atoms with van der Waals surface area (Å²) in [4.78, 5) is 34.7. The molecule has 1 aliphatic carbocycles. The van der Waals surface area contributed by atoms with Crippen molar-refractivity contribution in [2.75, 3.05) is 21.3 Å². The van der Waals surface area contributed by atoms with E-state index >= 15 is 0 Å². The highest BCUT2D eigenvalue weighted by Crippen LogP contribution is 2.53. The van der Waals surface area contributed by atoms with E-state index in [1.807, 2.05) is 0 Å². The Bertz CT molecular complexity index is 359. The lowest BCUT2D eigenvalue weighted by Crippen LogP contribution is -2.30. The van der Waals surface area contributed by atoms with Gasteiger partial charge in [-0.05, 0) is 5.92 Å². The first-order valence-corrected chi connectivity index (χ1v) is 5.39. The van der Waals surface area contributed by atoms with Gasteiger partial charge in [-0.15, -0.1) is 6.58 Å². The fraction of sp³-hybridized carbons (Fsp3) is 0.583. The standard InChI is InChI=1S/C12H16O6/c1-5-6-7(8(6)10(13)16-2)9(11(14)17-3)12(15)18-4/h5-9H,1H2,2-4H3/t6-,7+,8+/m1/s1. The molecule has 1 saturated carbocycles. The molecule has 0 spiro atoms. The van der Waals surface area contributed by atoms with E-state index in [2.05, 4.69) is 20.8 Å². The molecule has 1 aliphatic rings. The Morgan fingerprint density at radius 1 is 1.06 bits per heavy atom. The zero-order valence-corrected chi connectivity index (χ0v) is 10.5. The number of carbonyl (C=O) groups excluding carboxylic acids is 3. The molecule has 0 aromatic rings. The molecule has 0 N–H and O–H groups in total. The predicted octanol–water partition coefficient (Wildman–Crippen LogP) is 0.170. The van der Waals surface area contributed by atoms with E-state index in [-0.39, 0.29) is 5.92 Å². The Morgan fingerprint density at radius 2 is 1.56 bits per heavy atom. The molecular formula is C12H16O6. The molecule has 0 aromatic heterocycles. The van der Waals surface area contributed by atoms with Crippen molar-refractivity contribution < 1.29 is 28.6 Å². The van der Waals surface area contributed by atoms with Gasteiger partial charge in [-0.2, -0.15) is 0 Å². The van der Waals surface area contributed by atoms with Gasteiger partial charge in [0.25, 0.3) is 0 Å². The van der Waals surface area contributed by atoms with Gasteiger partial charge < -0.3 is 14.2 Å². The summed E-state index contributed by atoms with van der Waals surface area (Å²) in [6.45, 7) is 3.58. The van der Waals surface area contributed by atoms with Crippen LogP contribution < -0.4 is 0 Å². The number of rotatable bonds is 5. The van der Waals surface area contributed by atoms with Crippen LogP contribution in [0.25, 0.3) is 0 Å². The second kappa shape index (κ2) is 5.66. The third kappa shape index (κ3) is 2.37. The van der Waals surface area contributed by atoms with Crippen LogP contribution in [-0.2, 0) is 28.6 Å². The molecule has 0 radical (unpaired) electrons. The first-order chi connectivity index (χ1) is 8.53. The fourth-order valence-corrected chi connectivity index (χ4v) is 2.21. The minimum absolute atomic E-state index is 0.277. The molecule has 1 rings (SSSR count). The largest absolute Gasteiger partial charge is 0.469 e. The SMILES string of the molecule is C=C[C@H]1[C@H](C(=O)OC)[C@H]1C(C(=O)OC)C(=O)OC. The van der Waals surface area contributed by atoms with Crippen LogP contribution >= 0.6 is 0 Å². The highest BCUT2D eigenvalue weighted by molar-refractivity contribution is 5.97. The molecule has 0 amide bonds. The lowest BCUT2D eigenvalue weighted by Gasteiger charge is -2.11. The van der Waals surface area contributed by atoms with Crippen molar-refractivity contribution in [3.05, 3.63) is 12.7 Å². The quantitative estimate of drug-likeness (QED) is 0.302. The number of methoxy groups -OCH3 is 3. The van der Waals surface area contributed by atoms with Crippen molar-refractivity contribution >= 4 is 17.9 Å². The summed E-state index contributed by atoms with van der Waals surface area (Å²) in [7, 11) is 3.61. The summed E-state index contributed by atoms with van der Waals surface area (Å²) >= 11 is 0. The Labute approximate surface area is 105 Å². The molecule has 0 aromatic carbocycles. The zero-order valence-electron chi connectivity index (χ0n) is 10.5. The van der Waals surface area contributed by atoms with Gasteiger partial charge >= 0.3 is 17.9 Å². The summed E-state index contributed by atoms with van der Waals surface area (Å²) in [5.41, 5.74) is 0. The molecule has 0 unspecified atom stereocenters. The number of ether oxygens (including phenoxy) is 3. The monoisotopic (exact) mass is 256 g/mol. The average molecular weight is 256 g/mol. The molecule has 1 fully saturated rings. The molecular weight excluding hydrogens is 240 g/mol. The van der Waals surface area contributed by atoms with E-state index < -0.39 is 35.7 Å². The van der Waals surface area contributed by atoms with Crippen LogP contribution in [0, 0.1) is 23.7 Å². The smallest absolute Gasteiger partial charge is 0.320 e. The van der Waals surface area contributed by atoms with E-state index in [4.69, 9.17) is 0 Å². The van der Waals surface area contributed by atoms with Crippen LogP contribution in [0.3, 0.4) is 0 Å². The number of carbonyl (C=O) groups is 3. The van der Waals surface area contributed by atoms with Gasteiger partial charge in [-0.1, -0.05) is 6.08 Å². The van der Waals surface area contributed by atoms with Gasteiger partial charge in [-0.25, -0.2) is 0 Å². The van der Waals surface area contributed by atoms with Crippen molar-refractivity contribution in [3.63, 3.8) is 0 Å². The second-order valence-corrected chi connectivity index (χ2v) is 3.96. The average Bonchev–Trinajstić information content (AvgIpc) is 3.11.